The number of carbonyl (C=O) groups excluding carboxylic acids is 3. The Bertz CT molecular complexity index is 745. The van der Waals surface area contributed by atoms with Crippen LogP contribution in [0.4, 0.5) is 0 Å². The number of nitrogens with one attached hydrogen (secondary N) is 1. The van der Waals surface area contributed by atoms with Crippen molar-refractivity contribution >= 4 is 17.8 Å². The van der Waals surface area contributed by atoms with E-state index in [1.54, 1.807) is 62.6 Å². The van der Waals surface area contributed by atoms with E-state index in [0.717, 1.165) is 0 Å². The molecule has 1 unspecified atom stereocenters. The molecule has 6 nitrogen and oxygen atoms in total. The number of likely N-dealkylation sites (N-methyl/N-ethyl adjacent to an activating group) is 1. The van der Waals surface area contributed by atoms with Crippen molar-refractivity contribution in [2.75, 3.05) is 20.6 Å². The molecule has 0 aliphatic heterocycles. The highest BCUT2D eigenvalue weighted by molar-refractivity contribution is 5.94. The third-order valence-corrected chi connectivity index (χ3v) is 3.67. The van der Waals surface area contributed by atoms with Crippen LogP contribution in [0.5, 0.6) is 0 Å². The molecule has 1 atom stereocenters. The number of hydrogen-bond donors (Lipinski definition) is 1. The summed E-state index contributed by atoms with van der Waals surface area (Å²) in [7, 11) is 3.21. The van der Waals surface area contributed by atoms with Crippen LogP contribution in [0.25, 0.3) is 0 Å². The van der Waals surface area contributed by atoms with Crippen LogP contribution < -0.4 is 5.32 Å². The van der Waals surface area contributed by atoms with Gasteiger partial charge < -0.3 is 15.0 Å². The SMILES string of the molecule is CN(C)C(=O)C(OC(=O)CCNC(=O)c1ccccc1)c1ccccc1. The summed E-state index contributed by atoms with van der Waals surface area (Å²) in [4.78, 5) is 37.8. The van der Waals surface area contributed by atoms with Crippen LogP contribution in [0.15, 0.2) is 60.7 Å². The number of hydrogen-bond acceptors (Lipinski definition) is 4. The quantitative estimate of drug-likeness (QED) is 0.773. The van der Waals surface area contributed by atoms with Crippen LogP contribution in [-0.2, 0) is 14.3 Å². The molecular weight excluding hydrogens is 332 g/mol. The van der Waals surface area contributed by atoms with Gasteiger partial charge in [-0.05, 0) is 12.1 Å². The average molecular weight is 354 g/mol. The third-order valence-electron chi connectivity index (χ3n) is 3.67. The number of amides is 2. The zero-order chi connectivity index (χ0) is 18.9. The maximum atomic E-state index is 12.3. The second kappa shape index (κ2) is 9.36. The lowest BCUT2D eigenvalue weighted by Crippen LogP contribution is -2.32. The minimum atomic E-state index is -0.997. The number of benzene rings is 2. The lowest BCUT2D eigenvalue weighted by atomic mass is 10.1. The summed E-state index contributed by atoms with van der Waals surface area (Å²) < 4.78 is 5.37. The van der Waals surface area contributed by atoms with E-state index in [9.17, 15) is 14.4 Å². The van der Waals surface area contributed by atoms with Crippen molar-refractivity contribution in [1.29, 1.82) is 0 Å². The standard InChI is InChI=1S/C20H22N2O4/c1-22(2)20(25)18(15-9-5-3-6-10-15)26-17(23)13-14-21-19(24)16-11-7-4-8-12-16/h3-12,18H,13-14H2,1-2H3,(H,21,24). The first-order valence-electron chi connectivity index (χ1n) is 8.28. The Morgan fingerprint density at radius 2 is 1.54 bits per heavy atom. The molecule has 2 aromatic rings. The van der Waals surface area contributed by atoms with Gasteiger partial charge in [-0.3, -0.25) is 14.4 Å². The van der Waals surface area contributed by atoms with Crippen molar-refractivity contribution in [3.8, 4) is 0 Å². The van der Waals surface area contributed by atoms with Gasteiger partial charge in [-0.2, -0.15) is 0 Å². The van der Waals surface area contributed by atoms with Gasteiger partial charge in [-0.25, -0.2) is 0 Å². The van der Waals surface area contributed by atoms with E-state index >= 15 is 0 Å². The normalized spacial score (nSPS) is 11.3. The number of nitrogens with zero attached hydrogens (tertiary/aromatic N) is 1. The highest BCUT2D eigenvalue weighted by atomic mass is 16.5. The fourth-order valence-corrected chi connectivity index (χ4v) is 2.28. The number of esters is 1. The molecule has 1 N–H and O–H groups in total. The molecule has 136 valence electrons. The first-order valence-corrected chi connectivity index (χ1v) is 8.28. The monoisotopic (exact) mass is 354 g/mol. The van der Waals surface area contributed by atoms with Crippen molar-refractivity contribution < 1.29 is 19.1 Å². The van der Waals surface area contributed by atoms with Gasteiger partial charge in [0.2, 0.25) is 6.10 Å². The second-order valence-electron chi connectivity index (χ2n) is 5.89. The van der Waals surface area contributed by atoms with Crippen LogP contribution in [-0.4, -0.2) is 43.3 Å². The number of rotatable bonds is 7. The molecule has 26 heavy (non-hydrogen) atoms. The summed E-state index contributed by atoms with van der Waals surface area (Å²) in [5.41, 5.74) is 1.12. The minimum Gasteiger partial charge on any atom is -0.447 e. The predicted molar refractivity (Wildman–Crippen MR) is 97.4 cm³/mol. The fraction of sp³-hybridized carbons (Fsp3) is 0.250. The van der Waals surface area contributed by atoms with Gasteiger partial charge in [-0.1, -0.05) is 48.5 Å². The maximum Gasteiger partial charge on any atom is 0.308 e. The Morgan fingerprint density at radius 1 is 0.962 bits per heavy atom. The Hall–Kier alpha value is -3.15. The third kappa shape index (κ3) is 5.44. The molecular formula is C20H22N2O4. The Morgan fingerprint density at radius 3 is 2.12 bits per heavy atom. The van der Waals surface area contributed by atoms with Gasteiger partial charge in [-0.15, -0.1) is 0 Å². The van der Waals surface area contributed by atoms with E-state index in [-0.39, 0.29) is 24.8 Å². The van der Waals surface area contributed by atoms with Crippen molar-refractivity contribution in [3.05, 3.63) is 71.8 Å². The van der Waals surface area contributed by atoms with E-state index in [1.165, 1.54) is 4.90 Å². The van der Waals surface area contributed by atoms with E-state index < -0.39 is 12.1 Å². The molecule has 0 spiro atoms. The highest BCUT2D eigenvalue weighted by Gasteiger charge is 2.26. The van der Waals surface area contributed by atoms with E-state index in [2.05, 4.69) is 5.32 Å². The van der Waals surface area contributed by atoms with Gasteiger partial charge >= 0.3 is 5.97 Å². The van der Waals surface area contributed by atoms with Gasteiger partial charge in [0.05, 0.1) is 6.42 Å². The number of carbonyl (C=O) groups is 3. The van der Waals surface area contributed by atoms with Crippen molar-refractivity contribution in [2.24, 2.45) is 0 Å². The topological polar surface area (TPSA) is 75.7 Å². The van der Waals surface area contributed by atoms with Gasteiger partial charge in [0.25, 0.3) is 11.8 Å². The molecule has 2 aromatic carbocycles. The molecule has 0 aliphatic rings. The molecule has 2 rings (SSSR count). The molecule has 6 heteroatoms. The van der Waals surface area contributed by atoms with Crippen LogP contribution in [0.1, 0.15) is 28.4 Å². The second-order valence-corrected chi connectivity index (χ2v) is 5.89. The van der Waals surface area contributed by atoms with Crippen LogP contribution >= 0.6 is 0 Å². The van der Waals surface area contributed by atoms with Crippen molar-refractivity contribution in [3.63, 3.8) is 0 Å². The molecule has 0 radical (unpaired) electrons. The zero-order valence-electron chi connectivity index (χ0n) is 14.8. The number of ether oxygens (including phenoxy) is 1. The molecule has 0 saturated heterocycles. The van der Waals surface area contributed by atoms with Crippen molar-refractivity contribution in [2.45, 2.75) is 12.5 Å². The van der Waals surface area contributed by atoms with Gasteiger partial charge in [0.15, 0.2) is 0 Å². The average Bonchev–Trinajstić information content (AvgIpc) is 2.66. The fourth-order valence-electron chi connectivity index (χ4n) is 2.28. The minimum absolute atomic E-state index is 0.0252. The highest BCUT2D eigenvalue weighted by Crippen LogP contribution is 2.20. The molecule has 0 saturated carbocycles. The van der Waals surface area contributed by atoms with Gasteiger partial charge in [0, 0.05) is 31.8 Å². The summed E-state index contributed by atoms with van der Waals surface area (Å²) >= 11 is 0. The van der Waals surface area contributed by atoms with E-state index in [4.69, 9.17) is 4.74 Å². The lowest BCUT2D eigenvalue weighted by Gasteiger charge is -2.21. The molecule has 0 heterocycles. The summed E-state index contributed by atoms with van der Waals surface area (Å²) in [5, 5.41) is 2.66. The molecule has 0 bridgehead atoms. The molecule has 2 amide bonds. The largest absolute Gasteiger partial charge is 0.447 e. The van der Waals surface area contributed by atoms with Gasteiger partial charge in [0.1, 0.15) is 0 Å². The Balaban J connectivity index is 1.91. The van der Waals surface area contributed by atoms with Crippen LogP contribution in [0, 0.1) is 0 Å². The lowest BCUT2D eigenvalue weighted by molar-refractivity contribution is -0.159. The molecule has 0 fully saturated rings. The summed E-state index contributed by atoms with van der Waals surface area (Å²) in [6, 6.07) is 17.6. The predicted octanol–water partition coefficient (Wildman–Crippen LogP) is 2.18. The molecule has 0 aromatic heterocycles. The van der Waals surface area contributed by atoms with E-state index in [0.29, 0.717) is 11.1 Å². The zero-order valence-corrected chi connectivity index (χ0v) is 14.8. The summed E-state index contributed by atoms with van der Waals surface area (Å²) in [6.45, 7) is 0.129. The smallest absolute Gasteiger partial charge is 0.308 e. The van der Waals surface area contributed by atoms with Crippen LogP contribution in [0.3, 0.4) is 0 Å². The van der Waals surface area contributed by atoms with Crippen LogP contribution in [0.2, 0.25) is 0 Å². The summed E-state index contributed by atoms with van der Waals surface area (Å²) in [5.74, 6) is -1.14. The summed E-state index contributed by atoms with van der Waals surface area (Å²) in [6.07, 6.45) is -1.02. The van der Waals surface area contributed by atoms with E-state index in [1.807, 2.05) is 12.1 Å². The maximum absolute atomic E-state index is 12.3. The molecule has 0 aliphatic carbocycles. The first kappa shape index (κ1) is 19.2. The Labute approximate surface area is 152 Å². The van der Waals surface area contributed by atoms with Crippen molar-refractivity contribution in [1.82, 2.24) is 10.2 Å². The Kier molecular flexibility index (Phi) is 6.91. The first-order chi connectivity index (χ1) is 12.5.